The van der Waals surface area contributed by atoms with Gasteiger partial charge in [-0.3, -0.25) is 4.57 Å². The van der Waals surface area contributed by atoms with Crippen molar-refractivity contribution in [2.24, 2.45) is 11.8 Å². The van der Waals surface area contributed by atoms with Crippen molar-refractivity contribution in [3.63, 3.8) is 0 Å². The van der Waals surface area contributed by atoms with Crippen molar-refractivity contribution in [2.45, 2.75) is 25.4 Å². The second kappa shape index (κ2) is 8.97. The monoisotopic (exact) mass is 471 g/mol. The molecule has 2 fully saturated rings. The Kier molecular flexibility index (Phi) is 6.44. The molecule has 1 aromatic heterocycles. The summed E-state index contributed by atoms with van der Waals surface area (Å²) in [6.45, 7) is 1.41. The minimum Gasteiger partial charge on any atom is -0.324 e. The summed E-state index contributed by atoms with van der Waals surface area (Å²) in [5, 5.41) is 5.05. The van der Waals surface area contributed by atoms with Gasteiger partial charge in [0.2, 0.25) is 5.95 Å². The second-order valence-corrected chi connectivity index (χ2v) is 10.2. The van der Waals surface area contributed by atoms with E-state index in [1.165, 1.54) is 20.6 Å². The van der Waals surface area contributed by atoms with Gasteiger partial charge in [-0.1, -0.05) is 6.42 Å². The molecule has 1 saturated carbocycles. The van der Waals surface area contributed by atoms with Crippen molar-refractivity contribution >= 4 is 30.4 Å². The normalized spacial score (nSPS) is 21.5. The number of anilines is 3. The number of hydrogen-bond donors (Lipinski definition) is 2. The molecule has 174 valence electrons. The summed E-state index contributed by atoms with van der Waals surface area (Å²) in [7, 11) is -0.821. The largest absolute Gasteiger partial charge is 0.421 e. The van der Waals surface area contributed by atoms with Crippen molar-refractivity contribution in [1.29, 1.82) is 0 Å². The van der Waals surface area contributed by atoms with Gasteiger partial charge in [0.05, 0.1) is 5.30 Å². The van der Waals surface area contributed by atoms with Gasteiger partial charge >= 0.3 is 13.8 Å². The molecule has 4 rings (SSSR count). The highest BCUT2D eigenvalue weighted by Gasteiger charge is 2.39. The van der Waals surface area contributed by atoms with Crippen LogP contribution < -0.4 is 16.0 Å². The van der Waals surface area contributed by atoms with E-state index in [0.717, 1.165) is 19.0 Å². The zero-order valence-electron chi connectivity index (χ0n) is 17.7. The maximum Gasteiger partial charge on any atom is 0.421 e. The zero-order chi connectivity index (χ0) is 22.9. The molecule has 1 aliphatic heterocycles. The van der Waals surface area contributed by atoms with Gasteiger partial charge in [-0.2, -0.15) is 18.2 Å². The van der Waals surface area contributed by atoms with Gasteiger partial charge in [0.1, 0.15) is 5.56 Å². The Morgan fingerprint density at radius 2 is 1.72 bits per heavy atom. The summed E-state index contributed by atoms with van der Waals surface area (Å²) in [6, 6.07) is 6.27. The lowest BCUT2D eigenvalue weighted by Gasteiger charge is -2.22. The highest BCUT2D eigenvalue weighted by molar-refractivity contribution is 7.62. The van der Waals surface area contributed by atoms with Crippen LogP contribution in [0.4, 0.5) is 30.6 Å². The summed E-state index contributed by atoms with van der Waals surface area (Å²) in [5.74, 6) is 0.763. The Morgan fingerprint density at radius 1 is 1.09 bits per heavy atom. The fourth-order valence-corrected chi connectivity index (χ4v) is 5.44. The van der Waals surface area contributed by atoms with Crippen LogP contribution in [0.1, 0.15) is 24.8 Å². The molecule has 2 heterocycles. The molecule has 12 heteroatoms. The topological polar surface area (TPSA) is 88.6 Å². The van der Waals surface area contributed by atoms with Gasteiger partial charge in [0.15, 0.2) is 5.82 Å². The van der Waals surface area contributed by atoms with E-state index in [0.29, 0.717) is 35.9 Å². The number of aromatic nitrogens is 2. The number of nitrogens with one attached hydrogen (secondary N) is 2. The van der Waals surface area contributed by atoms with E-state index in [-0.39, 0.29) is 11.8 Å². The molecule has 2 N–H and O–H groups in total. The lowest BCUT2D eigenvalue weighted by atomic mass is 10.0. The summed E-state index contributed by atoms with van der Waals surface area (Å²) < 4.78 is 62.9. The molecule has 0 radical (unpaired) electrons. The Bertz CT molecular complexity index is 985. The first kappa shape index (κ1) is 23.0. The Morgan fingerprint density at radius 3 is 2.28 bits per heavy atom. The third-order valence-corrected chi connectivity index (χ3v) is 7.90. The van der Waals surface area contributed by atoms with Crippen LogP contribution in [0.3, 0.4) is 0 Å². The molecule has 2 aliphatic rings. The Hall–Kier alpha value is -2.20. The van der Waals surface area contributed by atoms with Crippen molar-refractivity contribution < 1.29 is 26.8 Å². The average molecular weight is 471 g/mol. The minimum absolute atomic E-state index is 0.00862. The predicted octanol–water partition coefficient (Wildman–Crippen LogP) is 4.41. The third kappa shape index (κ3) is 4.76. The van der Waals surface area contributed by atoms with Gasteiger partial charge in [0.25, 0.3) is 0 Å². The van der Waals surface area contributed by atoms with Gasteiger partial charge in [-0.25, -0.2) is 9.99 Å². The molecule has 32 heavy (non-hydrogen) atoms. The molecule has 2 aromatic rings. The molecule has 0 spiro atoms. The number of nitrogens with zero attached hydrogens (tertiary/aromatic N) is 3. The lowest BCUT2D eigenvalue weighted by Crippen LogP contribution is -2.30. The van der Waals surface area contributed by atoms with Gasteiger partial charge in [0, 0.05) is 39.2 Å². The number of benzene rings is 1. The molecular formula is C20H25F3N5O3P. The molecular weight excluding hydrogens is 446 g/mol. The minimum atomic E-state index is -4.58. The van der Waals surface area contributed by atoms with E-state index in [9.17, 15) is 17.7 Å². The fourth-order valence-electron chi connectivity index (χ4n) is 4.35. The first-order valence-electron chi connectivity index (χ1n) is 10.3. The fraction of sp³-hybridized carbons (Fsp3) is 0.500. The Labute approximate surface area is 184 Å². The van der Waals surface area contributed by atoms with Gasteiger partial charge < -0.3 is 19.8 Å². The number of hydrogen-bond acceptors (Lipinski definition) is 8. The number of rotatable bonds is 7. The van der Waals surface area contributed by atoms with Crippen molar-refractivity contribution in [3.05, 3.63) is 36.0 Å². The zero-order valence-corrected chi connectivity index (χ0v) is 18.6. The highest BCUT2D eigenvalue weighted by Crippen LogP contribution is 2.45. The molecule has 1 aliphatic carbocycles. The number of halogens is 3. The third-order valence-electron chi connectivity index (χ3n) is 6.00. The second-order valence-electron chi connectivity index (χ2n) is 7.96. The van der Waals surface area contributed by atoms with E-state index in [4.69, 9.17) is 9.05 Å². The Balaban J connectivity index is 1.53. The molecule has 0 amide bonds. The maximum atomic E-state index is 13.5. The average Bonchev–Trinajstić information content (AvgIpc) is 3.35. The smallest absolute Gasteiger partial charge is 0.324 e. The van der Waals surface area contributed by atoms with Crippen LogP contribution in [0, 0.1) is 11.8 Å². The summed E-state index contributed by atoms with van der Waals surface area (Å²) in [4.78, 5) is 7.93. The van der Waals surface area contributed by atoms with E-state index in [1.54, 1.807) is 24.3 Å². The molecule has 2 atom stereocenters. The standard InChI is InChI=1S/C20H25F3N5O3P/c1-30-32(29,31-2)16-8-6-15(7-9-16)25-19-24-10-17(20(21,22)23)18(26-19)27-28-11-13-4-3-5-14(13)12-28/h6-10,13-14H,3-5,11-12H2,1-2H3,(H2,24,25,26,27). The van der Waals surface area contributed by atoms with Gasteiger partial charge in [-0.05, 0) is 48.9 Å². The molecule has 1 aromatic carbocycles. The number of alkyl halides is 3. The number of fused-ring (bicyclic) bond motifs is 1. The van der Waals surface area contributed by atoms with Crippen molar-refractivity contribution in [2.75, 3.05) is 38.1 Å². The summed E-state index contributed by atoms with van der Waals surface area (Å²) in [6.07, 6.45) is -0.407. The van der Waals surface area contributed by atoms with Crippen LogP contribution in [0.5, 0.6) is 0 Å². The summed E-state index contributed by atoms with van der Waals surface area (Å²) in [5.41, 5.74) is 2.46. The first-order valence-corrected chi connectivity index (χ1v) is 11.8. The first-order chi connectivity index (χ1) is 15.2. The van der Waals surface area contributed by atoms with Crippen LogP contribution >= 0.6 is 7.60 Å². The van der Waals surface area contributed by atoms with Crippen molar-refractivity contribution in [3.8, 4) is 0 Å². The van der Waals surface area contributed by atoms with Crippen LogP contribution in [0.25, 0.3) is 0 Å². The molecule has 8 nitrogen and oxygen atoms in total. The summed E-state index contributed by atoms with van der Waals surface area (Å²) >= 11 is 0. The quantitative estimate of drug-likeness (QED) is 0.575. The van der Waals surface area contributed by atoms with Crippen molar-refractivity contribution in [1.82, 2.24) is 15.0 Å². The lowest BCUT2D eigenvalue weighted by molar-refractivity contribution is -0.137. The highest BCUT2D eigenvalue weighted by atomic mass is 31.2. The SMILES string of the molecule is COP(=O)(OC)c1ccc(Nc2ncc(C(F)(F)F)c(NN3CC4CCCC4C3)n2)cc1. The molecule has 0 bridgehead atoms. The number of hydrazine groups is 1. The maximum absolute atomic E-state index is 13.5. The van der Waals surface area contributed by atoms with Gasteiger partial charge in [-0.15, -0.1) is 0 Å². The van der Waals surface area contributed by atoms with Crippen LogP contribution in [0.2, 0.25) is 0 Å². The molecule has 1 saturated heterocycles. The van der Waals surface area contributed by atoms with E-state index in [2.05, 4.69) is 20.7 Å². The van der Waals surface area contributed by atoms with Crippen LogP contribution in [0.15, 0.2) is 30.5 Å². The van der Waals surface area contributed by atoms with E-state index < -0.39 is 19.3 Å². The van der Waals surface area contributed by atoms with E-state index in [1.807, 2.05) is 5.01 Å². The van der Waals surface area contributed by atoms with E-state index >= 15 is 0 Å². The predicted molar refractivity (Wildman–Crippen MR) is 114 cm³/mol. The van der Waals surface area contributed by atoms with Crippen LogP contribution in [-0.4, -0.2) is 42.3 Å². The van der Waals surface area contributed by atoms with Crippen LogP contribution in [-0.2, 0) is 19.8 Å². The molecule has 2 unspecified atom stereocenters.